The van der Waals surface area contributed by atoms with E-state index in [2.05, 4.69) is 179 Å². The lowest BCUT2D eigenvalue weighted by atomic mass is 10.00. The van der Waals surface area contributed by atoms with E-state index in [9.17, 15) is 0 Å². The van der Waals surface area contributed by atoms with Crippen LogP contribution >= 0.6 is 0 Å². The number of nitrogens with zero attached hydrogens (tertiary/aromatic N) is 4. The van der Waals surface area contributed by atoms with E-state index in [1.807, 2.05) is 12.1 Å². The molecule has 7 aromatic carbocycles. The van der Waals surface area contributed by atoms with Gasteiger partial charge in [-0.2, -0.15) is 0 Å². The first-order valence-electron chi connectivity index (χ1n) is 19.6. The van der Waals surface area contributed by atoms with Crippen molar-refractivity contribution in [1.29, 1.82) is 0 Å². The maximum atomic E-state index is 7.02. The highest BCUT2D eigenvalue weighted by Crippen LogP contribution is 2.45. The third kappa shape index (κ3) is 4.82. The highest BCUT2D eigenvalue weighted by Gasteiger charge is 2.27. The average Bonchev–Trinajstić information content (AvgIpc) is 3.95. The van der Waals surface area contributed by atoms with Crippen LogP contribution in [0.25, 0.3) is 106 Å². The SMILES string of the molecule is C1=Cc2c(c3ccc4c5ccccc5n(-c5ccccc5)c4c3n2-c2cccc3c2oc2cccc(-c4nc(-c5ccccc5)cc(-c5ccccc5)n4)c23)CC1. The predicted molar refractivity (Wildman–Crippen MR) is 234 cm³/mol. The molecule has 0 amide bonds. The van der Waals surface area contributed by atoms with Gasteiger partial charge in [-0.15, -0.1) is 0 Å². The third-order valence-corrected chi connectivity index (χ3v) is 11.6. The molecule has 1 aliphatic carbocycles. The number of fused-ring (bicyclic) bond motifs is 10. The topological polar surface area (TPSA) is 48.8 Å². The standard InChI is InChI=1S/C52H34N4O/c1-4-16-33(17-5-1)42-32-43(34-18-6-2-7-19-34)54-52(53-42)41-25-15-29-47-48(41)40-24-14-28-46(51(40)57-47)56-45-27-13-11-23-37(45)39-31-30-38-36-22-10-12-26-44(36)55(49(38)50(39)56)35-20-8-3-9-21-35/h1-10,12-22,24-32H,11,23H2. The molecule has 5 heteroatoms. The fourth-order valence-electron chi connectivity index (χ4n) is 9.14. The fraction of sp³-hybridized carbons (Fsp3) is 0.0385. The normalized spacial score (nSPS) is 12.7. The molecule has 1 aliphatic rings. The minimum atomic E-state index is 0.662. The summed E-state index contributed by atoms with van der Waals surface area (Å²) in [5.41, 5.74) is 14.7. The van der Waals surface area contributed by atoms with E-state index in [1.165, 1.54) is 44.0 Å². The van der Waals surface area contributed by atoms with Gasteiger partial charge >= 0.3 is 0 Å². The summed E-state index contributed by atoms with van der Waals surface area (Å²) in [6.07, 6.45) is 6.60. The smallest absolute Gasteiger partial charge is 0.161 e. The Balaban J connectivity index is 1.16. The number of para-hydroxylation sites is 3. The molecule has 0 unspecified atom stereocenters. The highest BCUT2D eigenvalue weighted by molar-refractivity contribution is 6.20. The number of hydrogen-bond acceptors (Lipinski definition) is 3. The monoisotopic (exact) mass is 730 g/mol. The number of allylic oxidation sites excluding steroid dienone is 1. The first-order valence-corrected chi connectivity index (χ1v) is 19.6. The molecule has 5 nitrogen and oxygen atoms in total. The molecule has 0 saturated carbocycles. The van der Waals surface area contributed by atoms with Gasteiger partial charge in [0.1, 0.15) is 5.58 Å². The van der Waals surface area contributed by atoms with Gasteiger partial charge in [-0.1, -0.05) is 140 Å². The summed E-state index contributed by atoms with van der Waals surface area (Å²) >= 11 is 0. The lowest BCUT2D eigenvalue weighted by Crippen LogP contribution is -2.02. The third-order valence-electron chi connectivity index (χ3n) is 11.6. The fourth-order valence-corrected chi connectivity index (χ4v) is 9.14. The van der Waals surface area contributed by atoms with Crippen molar-refractivity contribution in [3.05, 3.63) is 187 Å². The molecule has 0 saturated heterocycles. The van der Waals surface area contributed by atoms with E-state index in [0.29, 0.717) is 5.82 Å². The summed E-state index contributed by atoms with van der Waals surface area (Å²) in [5.74, 6) is 0.662. The Bertz CT molecular complexity index is 3330. The maximum Gasteiger partial charge on any atom is 0.161 e. The second-order valence-electron chi connectivity index (χ2n) is 14.8. The molecule has 0 spiro atoms. The average molecular weight is 731 g/mol. The first-order chi connectivity index (χ1) is 28.3. The Kier molecular flexibility index (Phi) is 6.99. The van der Waals surface area contributed by atoms with Crippen LogP contribution < -0.4 is 0 Å². The van der Waals surface area contributed by atoms with Crippen molar-refractivity contribution in [3.63, 3.8) is 0 Å². The van der Waals surface area contributed by atoms with E-state index >= 15 is 0 Å². The van der Waals surface area contributed by atoms with Crippen LogP contribution in [0.5, 0.6) is 0 Å². The lowest BCUT2D eigenvalue weighted by Gasteiger charge is -2.14. The zero-order valence-electron chi connectivity index (χ0n) is 30.9. The molecule has 4 aromatic heterocycles. The van der Waals surface area contributed by atoms with Crippen LogP contribution in [0.1, 0.15) is 17.7 Å². The summed E-state index contributed by atoms with van der Waals surface area (Å²) in [7, 11) is 0. The van der Waals surface area contributed by atoms with Gasteiger partial charge < -0.3 is 13.6 Å². The molecule has 12 rings (SSSR count). The molecule has 0 fully saturated rings. The van der Waals surface area contributed by atoms with Crippen LogP contribution in [-0.4, -0.2) is 19.1 Å². The van der Waals surface area contributed by atoms with Gasteiger partial charge in [0.05, 0.1) is 33.6 Å². The van der Waals surface area contributed by atoms with Crippen LogP contribution in [0, 0.1) is 0 Å². The van der Waals surface area contributed by atoms with E-state index < -0.39 is 0 Å². The van der Waals surface area contributed by atoms with E-state index in [-0.39, 0.29) is 0 Å². The van der Waals surface area contributed by atoms with Crippen molar-refractivity contribution in [1.82, 2.24) is 19.1 Å². The van der Waals surface area contributed by atoms with E-state index in [1.54, 1.807) is 0 Å². The number of aryl methyl sites for hydroxylation is 1. The second kappa shape index (κ2) is 12.5. The maximum absolute atomic E-state index is 7.02. The van der Waals surface area contributed by atoms with Crippen molar-refractivity contribution in [3.8, 4) is 45.3 Å². The molecule has 0 atom stereocenters. The molecule has 0 radical (unpaired) electrons. The van der Waals surface area contributed by atoms with Crippen LogP contribution in [0.2, 0.25) is 0 Å². The van der Waals surface area contributed by atoms with Crippen molar-refractivity contribution in [2.24, 2.45) is 0 Å². The molecule has 57 heavy (non-hydrogen) atoms. The molecular weight excluding hydrogens is 697 g/mol. The Morgan fingerprint density at radius 2 is 1.18 bits per heavy atom. The van der Waals surface area contributed by atoms with Gasteiger partial charge in [-0.05, 0) is 60.9 Å². The Morgan fingerprint density at radius 1 is 0.526 bits per heavy atom. The largest absolute Gasteiger partial charge is 0.454 e. The molecule has 0 N–H and O–H groups in total. The second-order valence-corrected chi connectivity index (χ2v) is 14.8. The van der Waals surface area contributed by atoms with Crippen LogP contribution in [-0.2, 0) is 6.42 Å². The van der Waals surface area contributed by atoms with Gasteiger partial charge in [0.15, 0.2) is 11.4 Å². The van der Waals surface area contributed by atoms with Crippen molar-refractivity contribution in [2.75, 3.05) is 0 Å². The zero-order valence-corrected chi connectivity index (χ0v) is 30.9. The van der Waals surface area contributed by atoms with Crippen molar-refractivity contribution in [2.45, 2.75) is 12.8 Å². The molecule has 268 valence electrons. The summed E-state index contributed by atoms with van der Waals surface area (Å²) in [6.45, 7) is 0. The van der Waals surface area contributed by atoms with Crippen LogP contribution in [0.4, 0.5) is 0 Å². The quantitative estimate of drug-likeness (QED) is 0.177. The summed E-state index contributed by atoms with van der Waals surface area (Å²) in [6, 6.07) is 59.7. The number of rotatable bonds is 5. The molecule has 0 aliphatic heterocycles. The van der Waals surface area contributed by atoms with E-state index in [0.717, 1.165) is 74.2 Å². The Morgan fingerprint density at radius 3 is 1.95 bits per heavy atom. The molecule has 11 aromatic rings. The minimum absolute atomic E-state index is 0.662. The van der Waals surface area contributed by atoms with Gasteiger partial charge in [0, 0.05) is 55.0 Å². The highest BCUT2D eigenvalue weighted by atomic mass is 16.3. The minimum Gasteiger partial charge on any atom is -0.454 e. The zero-order chi connectivity index (χ0) is 37.5. The number of aromatic nitrogens is 4. The van der Waals surface area contributed by atoms with Gasteiger partial charge in [0.2, 0.25) is 0 Å². The van der Waals surface area contributed by atoms with Crippen LogP contribution in [0.15, 0.2) is 180 Å². The summed E-state index contributed by atoms with van der Waals surface area (Å²) < 4.78 is 11.9. The van der Waals surface area contributed by atoms with Gasteiger partial charge in [-0.3, -0.25) is 0 Å². The Hall–Kier alpha value is -7.50. The molecule has 4 heterocycles. The molecule has 0 bridgehead atoms. The van der Waals surface area contributed by atoms with Gasteiger partial charge in [-0.25, -0.2) is 9.97 Å². The van der Waals surface area contributed by atoms with Crippen molar-refractivity contribution >= 4 is 60.7 Å². The van der Waals surface area contributed by atoms with Gasteiger partial charge in [0.25, 0.3) is 0 Å². The Labute approximate surface area is 328 Å². The predicted octanol–water partition coefficient (Wildman–Crippen LogP) is 13.4. The lowest BCUT2D eigenvalue weighted by molar-refractivity contribution is 0.665. The first kappa shape index (κ1) is 31.8. The number of benzene rings is 7. The molecular formula is C52H34N4O. The van der Waals surface area contributed by atoms with E-state index in [4.69, 9.17) is 14.4 Å². The van der Waals surface area contributed by atoms with Crippen molar-refractivity contribution < 1.29 is 4.42 Å². The number of hydrogen-bond donors (Lipinski definition) is 0. The summed E-state index contributed by atoms with van der Waals surface area (Å²) in [5, 5.41) is 5.77. The number of furan rings is 1. The summed E-state index contributed by atoms with van der Waals surface area (Å²) in [4.78, 5) is 10.5. The van der Waals surface area contributed by atoms with Crippen LogP contribution in [0.3, 0.4) is 0 Å².